The Morgan fingerprint density at radius 2 is 1.91 bits per heavy atom. The molecular weight excluding hydrogens is 223 g/mol. The molecule has 59 valence electrons. The Bertz CT molecular complexity index is 259. The summed E-state index contributed by atoms with van der Waals surface area (Å²) in [5, 5.41) is 0. The fourth-order valence-electron chi connectivity index (χ4n) is 0.881. The van der Waals surface area contributed by atoms with Gasteiger partial charge in [-0.3, -0.25) is 0 Å². The first-order valence-corrected chi connectivity index (χ1v) is 4.42. The molecule has 0 fully saturated rings. The summed E-state index contributed by atoms with van der Waals surface area (Å²) in [6.07, 6.45) is 2.07. The van der Waals surface area contributed by atoms with Crippen LogP contribution in [0.5, 0.6) is 0 Å². The minimum atomic E-state index is 1.28. The maximum absolute atomic E-state index is 2.75. The van der Waals surface area contributed by atoms with Crippen LogP contribution in [0, 0.1) is 0 Å². The topological polar surface area (TPSA) is 0 Å². The summed E-state index contributed by atoms with van der Waals surface area (Å²) < 4.78 is 1.95. The summed E-state index contributed by atoms with van der Waals surface area (Å²) in [6, 6.07) is 10.3. The molecule has 0 saturated heterocycles. The van der Waals surface area contributed by atoms with Crippen LogP contribution in [0.1, 0.15) is 12.5 Å². The molecule has 0 unspecified atom stereocenters. The normalized spacial score (nSPS) is 11.3. The van der Waals surface area contributed by atoms with E-state index in [0.29, 0.717) is 0 Å². The summed E-state index contributed by atoms with van der Waals surface area (Å²) in [5.41, 5.74) is 2.56. The van der Waals surface area contributed by atoms with Gasteiger partial charge < -0.3 is 0 Å². The van der Waals surface area contributed by atoms with Crippen LogP contribution < -0.4 is 0 Å². The van der Waals surface area contributed by atoms with Crippen molar-refractivity contribution in [3.05, 3.63) is 42.0 Å². The predicted octanol–water partition coefficient (Wildman–Crippen LogP) is 2.44. The summed E-state index contributed by atoms with van der Waals surface area (Å²) in [7, 11) is 0. The van der Waals surface area contributed by atoms with Crippen molar-refractivity contribution in [3.63, 3.8) is 0 Å². The number of hydrogen-bond acceptors (Lipinski definition) is 0. The third kappa shape index (κ3) is 2.51. The Balaban J connectivity index is 2.94. The van der Waals surface area contributed by atoms with Crippen LogP contribution >= 0.6 is 0 Å². The van der Waals surface area contributed by atoms with Crippen molar-refractivity contribution < 1.29 is 17.9 Å². The predicted molar refractivity (Wildman–Crippen MR) is 46.2 cm³/mol. The van der Waals surface area contributed by atoms with Crippen molar-refractivity contribution in [1.82, 2.24) is 0 Å². The molecule has 0 spiro atoms. The third-order valence-corrected chi connectivity index (χ3v) is 1.81. The van der Waals surface area contributed by atoms with Crippen LogP contribution in [0.4, 0.5) is 0 Å². The second-order valence-corrected chi connectivity index (χ2v) is 2.87. The second kappa shape index (κ2) is 4.36. The molecular formula is C10H10Rh. The quantitative estimate of drug-likeness (QED) is 0.688. The van der Waals surface area contributed by atoms with Gasteiger partial charge in [0.05, 0.1) is 0 Å². The van der Waals surface area contributed by atoms with Gasteiger partial charge in [0.2, 0.25) is 0 Å². The van der Waals surface area contributed by atoms with Crippen LogP contribution in [0.15, 0.2) is 36.4 Å². The van der Waals surface area contributed by atoms with Gasteiger partial charge in [-0.25, -0.2) is 0 Å². The van der Waals surface area contributed by atoms with Gasteiger partial charge in [-0.1, -0.05) is 0 Å². The fraction of sp³-hybridized carbons (Fsp3) is 0.100. The molecule has 0 nitrogen and oxygen atoms in total. The molecule has 0 radical (unpaired) electrons. The Hall–Kier alpha value is -0.547. The van der Waals surface area contributed by atoms with E-state index in [1.807, 2.05) is 22.8 Å². The van der Waals surface area contributed by atoms with E-state index < -0.39 is 0 Å². The molecule has 0 amide bonds. The molecule has 0 bridgehead atoms. The summed E-state index contributed by atoms with van der Waals surface area (Å²) in [4.78, 5) is 0. The van der Waals surface area contributed by atoms with Crippen molar-refractivity contribution in [2.45, 2.75) is 6.92 Å². The second-order valence-electron chi connectivity index (χ2n) is 2.33. The number of benzene rings is 1. The number of allylic oxidation sites excluding steroid dienone is 2. The monoisotopic (exact) mass is 233 g/mol. The van der Waals surface area contributed by atoms with Gasteiger partial charge in [-0.15, -0.1) is 0 Å². The van der Waals surface area contributed by atoms with Crippen molar-refractivity contribution in [2.75, 3.05) is 0 Å². The van der Waals surface area contributed by atoms with Crippen molar-refractivity contribution in [2.24, 2.45) is 0 Å². The zero-order valence-corrected chi connectivity index (χ0v) is 8.01. The maximum atomic E-state index is 2.75. The van der Waals surface area contributed by atoms with E-state index in [1.165, 1.54) is 11.1 Å². The van der Waals surface area contributed by atoms with E-state index in [1.54, 1.807) is 0 Å². The molecule has 0 aliphatic heterocycles. The van der Waals surface area contributed by atoms with Crippen molar-refractivity contribution in [3.8, 4) is 0 Å². The molecule has 11 heavy (non-hydrogen) atoms. The van der Waals surface area contributed by atoms with E-state index in [-0.39, 0.29) is 0 Å². The van der Waals surface area contributed by atoms with Gasteiger partial charge in [-0.2, -0.15) is 0 Å². The van der Waals surface area contributed by atoms with Crippen LogP contribution in [0.2, 0.25) is 0 Å². The first-order valence-electron chi connectivity index (χ1n) is 3.48. The first kappa shape index (κ1) is 8.55. The Kier molecular flexibility index (Phi) is 3.39. The zero-order valence-electron chi connectivity index (χ0n) is 6.37. The van der Waals surface area contributed by atoms with E-state index in [9.17, 15) is 0 Å². The number of rotatable bonds is 2. The van der Waals surface area contributed by atoms with E-state index in [2.05, 4.69) is 43.0 Å². The molecule has 1 heteroatoms. The van der Waals surface area contributed by atoms with E-state index in [4.69, 9.17) is 0 Å². The fourth-order valence-corrected chi connectivity index (χ4v) is 1.29. The Morgan fingerprint density at radius 1 is 1.27 bits per heavy atom. The van der Waals surface area contributed by atoms with Gasteiger partial charge in [0.15, 0.2) is 0 Å². The molecule has 0 atom stereocenters. The average Bonchev–Trinajstić information content (AvgIpc) is 2.07. The van der Waals surface area contributed by atoms with Gasteiger partial charge in [0, 0.05) is 0 Å². The molecule has 1 aromatic rings. The zero-order chi connectivity index (χ0) is 8.10. The minimum absolute atomic E-state index is 1.28. The van der Waals surface area contributed by atoms with Crippen LogP contribution in [0.3, 0.4) is 0 Å². The standard InChI is InChI=1S/C10H10.Rh/c1-3-9(2)10-7-5-4-6-8-10;/h1,3-8H,2H3;/b9-3-;. The SMILES string of the molecule is C/C(=C/[CH]=[Rh])c1ccccc1. The molecule has 0 N–H and O–H groups in total. The third-order valence-electron chi connectivity index (χ3n) is 1.53. The summed E-state index contributed by atoms with van der Waals surface area (Å²) in [6.45, 7) is 2.10. The van der Waals surface area contributed by atoms with Crippen molar-refractivity contribution in [1.29, 1.82) is 0 Å². The first-order chi connectivity index (χ1) is 5.34. The van der Waals surface area contributed by atoms with Gasteiger partial charge in [0.25, 0.3) is 0 Å². The summed E-state index contributed by atoms with van der Waals surface area (Å²) in [5.74, 6) is 0. The molecule has 0 heterocycles. The molecule has 0 aliphatic carbocycles. The van der Waals surface area contributed by atoms with Crippen LogP contribution in [-0.2, 0) is 17.9 Å². The van der Waals surface area contributed by atoms with Crippen LogP contribution in [0.25, 0.3) is 5.57 Å². The molecule has 0 saturated carbocycles. The van der Waals surface area contributed by atoms with Gasteiger partial charge >= 0.3 is 76.9 Å². The molecule has 1 aromatic carbocycles. The Labute approximate surface area is 77.1 Å². The van der Waals surface area contributed by atoms with Crippen molar-refractivity contribution >= 4 is 10.2 Å². The van der Waals surface area contributed by atoms with E-state index >= 15 is 0 Å². The average molecular weight is 233 g/mol. The molecule has 0 aromatic heterocycles. The summed E-state index contributed by atoms with van der Waals surface area (Å²) >= 11 is 2.75. The molecule has 0 aliphatic rings. The van der Waals surface area contributed by atoms with Gasteiger partial charge in [-0.05, 0) is 0 Å². The van der Waals surface area contributed by atoms with Crippen LogP contribution in [-0.4, -0.2) is 4.61 Å². The Morgan fingerprint density at radius 3 is 2.45 bits per heavy atom. The molecule has 1 rings (SSSR count). The van der Waals surface area contributed by atoms with Gasteiger partial charge in [0.1, 0.15) is 0 Å². The number of hydrogen-bond donors (Lipinski definition) is 0. The van der Waals surface area contributed by atoms with E-state index in [0.717, 1.165) is 0 Å².